The molecule has 1 aliphatic carbocycles. The topological polar surface area (TPSA) is 38.0 Å². The summed E-state index contributed by atoms with van der Waals surface area (Å²) in [4.78, 5) is 0. The molecule has 0 saturated heterocycles. The van der Waals surface area contributed by atoms with Gasteiger partial charge in [0.05, 0.1) is 0 Å². The Morgan fingerprint density at radius 1 is 1.43 bits per heavy atom. The molecule has 3 unspecified atom stereocenters. The Morgan fingerprint density at radius 3 is 2.79 bits per heavy atom. The van der Waals surface area contributed by atoms with E-state index in [1.807, 2.05) is 0 Å². The van der Waals surface area contributed by atoms with Gasteiger partial charge in [-0.05, 0) is 50.6 Å². The zero-order valence-electron chi connectivity index (χ0n) is 9.76. The molecule has 3 atom stereocenters. The second-order valence-corrected chi connectivity index (χ2v) is 4.79. The van der Waals surface area contributed by atoms with Gasteiger partial charge in [-0.2, -0.15) is 0 Å². The van der Waals surface area contributed by atoms with Crippen LogP contribution in [0.2, 0.25) is 0 Å². The van der Waals surface area contributed by atoms with Crippen LogP contribution in [0.4, 0.5) is 0 Å². The summed E-state index contributed by atoms with van der Waals surface area (Å²) < 4.78 is 0. The molecule has 2 heteroatoms. The van der Waals surface area contributed by atoms with Gasteiger partial charge in [0, 0.05) is 6.04 Å². The predicted molar refractivity (Wildman–Crippen MR) is 62.3 cm³/mol. The van der Waals surface area contributed by atoms with E-state index in [0.717, 1.165) is 24.4 Å². The summed E-state index contributed by atoms with van der Waals surface area (Å²) in [5.74, 6) is 1.79. The number of nitrogens with two attached hydrogens (primary N) is 1. The molecule has 84 valence electrons. The predicted octanol–water partition coefficient (Wildman–Crippen LogP) is 2.14. The SMILES string of the molecule is CCC1CC1NCCCC(C)CCN. The van der Waals surface area contributed by atoms with E-state index >= 15 is 0 Å². The number of nitrogens with one attached hydrogen (secondary N) is 1. The molecule has 1 aliphatic rings. The second kappa shape index (κ2) is 6.41. The van der Waals surface area contributed by atoms with E-state index in [9.17, 15) is 0 Å². The first-order chi connectivity index (χ1) is 6.77. The van der Waals surface area contributed by atoms with E-state index in [-0.39, 0.29) is 0 Å². The van der Waals surface area contributed by atoms with Gasteiger partial charge in [-0.15, -0.1) is 0 Å². The van der Waals surface area contributed by atoms with Crippen molar-refractivity contribution in [3.8, 4) is 0 Å². The fourth-order valence-electron chi connectivity index (χ4n) is 2.12. The minimum atomic E-state index is 0.808. The van der Waals surface area contributed by atoms with Gasteiger partial charge in [0.25, 0.3) is 0 Å². The highest BCUT2D eigenvalue weighted by Gasteiger charge is 2.34. The highest BCUT2D eigenvalue weighted by Crippen LogP contribution is 2.32. The van der Waals surface area contributed by atoms with Crippen molar-refractivity contribution in [2.45, 2.75) is 52.0 Å². The maximum atomic E-state index is 5.51. The zero-order chi connectivity index (χ0) is 10.4. The van der Waals surface area contributed by atoms with Crippen LogP contribution in [0, 0.1) is 11.8 Å². The molecular weight excluding hydrogens is 172 g/mol. The van der Waals surface area contributed by atoms with Crippen LogP contribution in [0.15, 0.2) is 0 Å². The van der Waals surface area contributed by atoms with Gasteiger partial charge < -0.3 is 11.1 Å². The highest BCUT2D eigenvalue weighted by molar-refractivity contribution is 4.91. The number of hydrogen-bond donors (Lipinski definition) is 2. The van der Waals surface area contributed by atoms with Crippen LogP contribution in [-0.2, 0) is 0 Å². The van der Waals surface area contributed by atoms with Crippen molar-refractivity contribution >= 4 is 0 Å². The third-order valence-electron chi connectivity index (χ3n) is 3.39. The van der Waals surface area contributed by atoms with Crippen LogP contribution in [0.1, 0.15) is 46.0 Å². The molecule has 0 heterocycles. The van der Waals surface area contributed by atoms with Gasteiger partial charge in [-0.1, -0.05) is 20.3 Å². The number of hydrogen-bond acceptors (Lipinski definition) is 2. The summed E-state index contributed by atoms with van der Waals surface area (Å²) >= 11 is 0. The van der Waals surface area contributed by atoms with Gasteiger partial charge in [-0.25, -0.2) is 0 Å². The average molecular weight is 198 g/mol. The monoisotopic (exact) mass is 198 g/mol. The molecule has 0 radical (unpaired) electrons. The summed E-state index contributed by atoms with van der Waals surface area (Å²) in [5.41, 5.74) is 5.51. The second-order valence-electron chi connectivity index (χ2n) is 4.79. The van der Waals surface area contributed by atoms with Crippen molar-refractivity contribution in [1.82, 2.24) is 5.32 Å². The minimum Gasteiger partial charge on any atom is -0.330 e. The fourth-order valence-corrected chi connectivity index (χ4v) is 2.12. The van der Waals surface area contributed by atoms with Gasteiger partial charge in [0.2, 0.25) is 0 Å². The summed E-state index contributed by atoms with van der Waals surface area (Å²) in [7, 11) is 0. The Labute approximate surface area is 88.6 Å². The molecule has 0 bridgehead atoms. The van der Waals surface area contributed by atoms with Gasteiger partial charge in [0.15, 0.2) is 0 Å². The van der Waals surface area contributed by atoms with Crippen molar-refractivity contribution < 1.29 is 0 Å². The normalized spacial score (nSPS) is 27.6. The average Bonchev–Trinajstić information content (AvgIpc) is 2.92. The van der Waals surface area contributed by atoms with E-state index < -0.39 is 0 Å². The Hall–Kier alpha value is -0.0800. The molecule has 0 aromatic carbocycles. The van der Waals surface area contributed by atoms with Gasteiger partial charge in [-0.3, -0.25) is 0 Å². The maximum absolute atomic E-state index is 5.51. The van der Waals surface area contributed by atoms with Crippen LogP contribution in [0.3, 0.4) is 0 Å². The van der Waals surface area contributed by atoms with Gasteiger partial charge >= 0.3 is 0 Å². The lowest BCUT2D eigenvalue weighted by Crippen LogP contribution is -2.20. The minimum absolute atomic E-state index is 0.808. The molecule has 3 N–H and O–H groups in total. The van der Waals surface area contributed by atoms with E-state index in [4.69, 9.17) is 5.73 Å². The van der Waals surface area contributed by atoms with Crippen molar-refractivity contribution in [3.05, 3.63) is 0 Å². The largest absolute Gasteiger partial charge is 0.330 e. The molecule has 14 heavy (non-hydrogen) atoms. The molecule has 0 aromatic heterocycles. The molecule has 1 fully saturated rings. The van der Waals surface area contributed by atoms with E-state index in [1.165, 1.54) is 38.6 Å². The van der Waals surface area contributed by atoms with Crippen molar-refractivity contribution in [2.24, 2.45) is 17.6 Å². The van der Waals surface area contributed by atoms with E-state index in [2.05, 4.69) is 19.2 Å². The third kappa shape index (κ3) is 4.43. The van der Waals surface area contributed by atoms with Crippen molar-refractivity contribution in [1.29, 1.82) is 0 Å². The summed E-state index contributed by atoms with van der Waals surface area (Å²) in [6.07, 6.45) is 6.58. The lowest BCUT2D eigenvalue weighted by Gasteiger charge is -2.09. The maximum Gasteiger partial charge on any atom is 0.00990 e. The molecule has 0 amide bonds. The first-order valence-corrected chi connectivity index (χ1v) is 6.21. The molecule has 1 rings (SSSR count). The first kappa shape index (κ1) is 12.0. The van der Waals surface area contributed by atoms with Gasteiger partial charge in [0.1, 0.15) is 0 Å². The summed E-state index contributed by atoms with van der Waals surface area (Å²) in [6, 6.07) is 0.852. The molecule has 1 saturated carbocycles. The van der Waals surface area contributed by atoms with Crippen LogP contribution in [0.5, 0.6) is 0 Å². The highest BCUT2D eigenvalue weighted by atomic mass is 15.0. The quantitative estimate of drug-likeness (QED) is 0.586. The Balaban J connectivity index is 1.85. The smallest absolute Gasteiger partial charge is 0.00990 e. The number of rotatable bonds is 8. The molecule has 2 nitrogen and oxygen atoms in total. The Kier molecular flexibility index (Phi) is 5.49. The first-order valence-electron chi connectivity index (χ1n) is 6.21. The lowest BCUT2D eigenvalue weighted by atomic mass is 10.0. The molecule has 0 spiro atoms. The van der Waals surface area contributed by atoms with Crippen LogP contribution in [-0.4, -0.2) is 19.1 Å². The molecule has 0 aromatic rings. The van der Waals surface area contributed by atoms with Crippen molar-refractivity contribution in [3.63, 3.8) is 0 Å². The third-order valence-corrected chi connectivity index (χ3v) is 3.39. The van der Waals surface area contributed by atoms with E-state index in [1.54, 1.807) is 0 Å². The summed E-state index contributed by atoms with van der Waals surface area (Å²) in [6.45, 7) is 6.64. The van der Waals surface area contributed by atoms with Crippen LogP contribution >= 0.6 is 0 Å². The standard InChI is InChI=1S/C12H26N2/c1-3-11-9-12(11)14-8-4-5-10(2)6-7-13/h10-12,14H,3-9,13H2,1-2H3. The molecule has 0 aliphatic heterocycles. The summed E-state index contributed by atoms with van der Waals surface area (Å²) in [5, 5.41) is 3.62. The van der Waals surface area contributed by atoms with Crippen LogP contribution in [0.25, 0.3) is 0 Å². The van der Waals surface area contributed by atoms with E-state index in [0.29, 0.717) is 0 Å². The zero-order valence-corrected chi connectivity index (χ0v) is 9.76. The lowest BCUT2D eigenvalue weighted by molar-refractivity contribution is 0.465. The van der Waals surface area contributed by atoms with Crippen molar-refractivity contribution in [2.75, 3.05) is 13.1 Å². The fraction of sp³-hybridized carbons (Fsp3) is 1.00. The molecular formula is C12H26N2. The Bertz CT molecular complexity index is 143. The Morgan fingerprint density at radius 2 is 2.21 bits per heavy atom. The van der Waals surface area contributed by atoms with Crippen LogP contribution < -0.4 is 11.1 Å².